The molecule has 1 nitrogen and oxygen atoms in total. The third-order valence-electron chi connectivity index (χ3n) is 3.77. The summed E-state index contributed by atoms with van der Waals surface area (Å²) in [4.78, 5) is 0. The van der Waals surface area contributed by atoms with Gasteiger partial charge in [-0.25, -0.2) is 4.39 Å². The minimum Gasteiger partial charge on any atom is -0.392 e. The molecule has 106 valence electrons. The van der Waals surface area contributed by atoms with E-state index in [-0.39, 0.29) is 12.2 Å². The first-order valence-electron chi connectivity index (χ1n) is 6.59. The fourth-order valence-corrected chi connectivity index (χ4v) is 2.42. The lowest BCUT2D eigenvalue weighted by atomic mass is 9.77. The van der Waals surface area contributed by atoms with Crippen LogP contribution in [0.4, 0.5) is 4.39 Å². The summed E-state index contributed by atoms with van der Waals surface area (Å²) in [6.07, 6.45) is -0.466. The molecule has 3 heteroatoms. The highest BCUT2D eigenvalue weighted by atomic mass is 35.5. The first kappa shape index (κ1) is 15.0. The van der Waals surface area contributed by atoms with Crippen LogP contribution < -0.4 is 0 Å². The minimum absolute atomic E-state index is 0.230. The van der Waals surface area contributed by atoms with Crippen molar-refractivity contribution in [1.82, 2.24) is 0 Å². The third kappa shape index (κ3) is 3.20. The van der Waals surface area contributed by atoms with Crippen LogP contribution in [0, 0.1) is 5.82 Å². The molecule has 0 radical (unpaired) electrons. The Morgan fingerprint density at radius 3 is 2.45 bits per heavy atom. The predicted molar refractivity (Wildman–Crippen MR) is 80.6 cm³/mol. The summed E-state index contributed by atoms with van der Waals surface area (Å²) in [7, 11) is 0. The summed E-state index contributed by atoms with van der Waals surface area (Å²) < 4.78 is 13.8. The number of hydrogen-bond acceptors (Lipinski definition) is 1. The number of hydrogen-bond donors (Lipinski definition) is 1. The van der Waals surface area contributed by atoms with Crippen molar-refractivity contribution < 1.29 is 9.50 Å². The van der Waals surface area contributed by atoms with E-state index in [4.69, 9.17) is 11.6 Å². The van der Waals surface area contributed by atoms with Crippen molar-refractivity contribution in [2.75, 3.05) is 0 Å². The van der Waals surface area contributed by atoms with Crippen LogP contribution >= 0.6 is 11.6 Å². The molecular formula is C17H18ClFO. The van der Waals surface area contributed by atoms with E-state index in [9.17, 15) is 9.50 Å². The number of rotatable bonds is 4. The summed E-state index contributed by atoms with van der Waals surface area (Å²) in [6, 6.07) is 14.2. The summed E-state index contributed by atoms with van der Waals surface area (Å²) >= 11 is 5.88. The molecular weight excluding hydrogens is 275 g/mol. The smallest absolute Gasteiger partial charge is 0.126 e. The van der Waals surface area contributed by atoms with E-state index >= 15 is 0 Å². The first-order valence-corrected chi connectivity index (χ1v) is 6.96. The quantitative estimate of drug-likeness (QED) is 0.888. The zero-order chi connectivity index (χ0) is 14.8. The molecule has 0 spiro atoms. The van der Waals surface area contributed by atoms with Gasteiger partial charge >= 0.3 is 0 Å². The van der Waals surface area contributed by atoms with Crippen LogP contribution in [0.3, 0.4) is 0 Å². The maximum absolute atomic E-state index is 13.8. The van der Waals surface area contributed by atoms with E-state index in [1.54, 1.807) is 6.07 Å². The minimum atomic E-state index is -0.696. The fraction of sp³-hybridized carbons (Fsp3) is 0.294. The zero-order valence-corrected chi connectivity index (χ0v) is 12.4. The Morgan fingerprint density at radius 1 is 1.15 bits per heavy atom. The van der Waals surface area contributed by atoms with Crippen molar-refractivity contribution >= 4 is 11.6 Å². The molecule has 1 atom stereocenters. The summed E-state index contributed by atoms with van der Waals surface area (Å²) in [5.74, 6) is -0.336. The number of aliphatic hydroxyl groups excluding tert-OH is 1. The molecule has 0 aliphatic rings. The van der Waals surface area contributed by atoms with Crippen molar-refractivity contribution in [3.05, 3.63) is 70.5 Å². The van der Waals surface area contributed by atoms with E-state index in [2.05, 4.69) is 0 Å². The molecule has 0 aliphatic heterocycles. The summed E-state index contributed by atoms with van der Waals surface area (Å²) in [5.41, 5.74) is 1.000. The number of aliphatic hydroxyl groups is 1. The lowest BCUT2D eigenvalue weighted by Crippen LogP contribution is -2.35. The van der Waals surface area contributed by atoms with Gasteiger partial charge in [0.15, 0.2) is 0 Å². The molecule has 0 saturated heterocycles. The standard InChI is InChI=1S/C17H18ClFO/c1-17(2,13-6-4-3-5-7-13)16(20)11-12-10-14(18)8-9-15(12)19/h3-10,16,20H,11H2,1-2H3. The lowest BCUT2D eigenvalue weighted by molar-refractivity contribution is 0.0991. The maximum atomic E-state index is 13.8. The average molecular weight is 293 g/mol. The summed E-state index contributed by atoms with van der Waals surface area (Å²) in [6.45, 7) is 3.91. The second kappa shape index (κ2) is 5.94. The van der Waals surface area contributed by atoms with E-state index in [0.717, 1.165) is 5.56 Å². The van der Waals surface area contributed by atoms with Gasteiger partial charge in [-0.15, -0.1) is 0 Å². The van der Waals surface area contributed by atoms with Gasteiger partial charge in [0.05, 0.1) is 6.10 Å². The molecule has 0 heterocycles. The van der Waals surface area contributed by atoms with Crippen LogP contribution in [0.2, 0.25) is 5.02 Å². The molecule has 2 aromatic carbocycles. The largest absolute Gasteiger partial charge is 0.392 e. The van der Waals surface area contributed by atoms with Gasteiger partial charge in [0, 0.05) is 16.9 Å². The van der Waals surface area contributed by atoms with E-state index in [1.165, 1.54) is 12.1 Å². The molecule has 1 N–H and O–H groups in total. The van der Waals surface area contributed by atoms with Crippen LogP contribution in [-0.2, 0) is 11.8 Å². The van der Waals surface area contributed by atoms with Gasteiger partial charge < -0.3 is 5.11 Å². The molecule has 0 aromatic heterocycles. The molecule has 0 bridgehead atoms. The summed E-state index contributed by atoms with van der Waals surface area (Å²) in [5, 5.41) is 11.0. The lowest BCUT2D eigenvalue weighted by Gasteiger charge is -2.31. The Bertz CT molecular complexity index is 581. The molecule has 20 heavy (non-hydrogen) atoms. The Kier molecular flexibility index (Phi) is 4.46. The van der Waals surface area contributed by atoms with Gasteiger partial charge in [-0.3, -0.25) is 0 Å². The van der Waals surface area contributed by atoms with Crippen molar-refractivity contribution in [1.29, 1.82) is 0 Å². The van der Waals surface area contributed by atoms with Gasteiger partial charge in [-0.05, 0) is 29.3 Å². The van der Waals surface area contributed by atoms with Crippen LogP contribution in [0.5, 0.6) is 0 Å². The highest BCUT2D eigenvalue weighted by Gasteiger charge is 2.30. The highest BCUT2D eigenvalue weighted by molar-refractivity contribution is 6.30. The maximum Gasteiger partial charge on any atom is 0.126 e. The SMILES string of the molecule is CC(C)(c1ccccc1)C(O)Cc1cc(Cl)ccc1F. The number of benzene rings is 2. The fourth-order valence-electron chi connectivity index (χ4n) is 2.22. The van der Waals surface area contributed by atoms with Gasteiger partial charge in [0.25, 0.3) is 0 Å². The van der Waals surface area contributed by atoms with Crippen LogP contribution in [0.15, 0.2) is 48.5 Å². The monoisotopic (exact) mass is 292 g/mol. The predicted octanol–water partition coefficient (Wildman–Crippen LogP) is 4.36. The van der Waals surface area contributed by atoms with Crippen molar-refractivity contribution in [3.8, 4) is 0 Å². The second-order valence-corrected chi connectivity index (χ2v) is 5.98. The van der Waals surface area contributed by atoms with Crippen molar-refractivity contribution in [3.63, 3.8) is 0 Å². The first-order chi connectivity index (χ1) is 9.41. The van der Waals surface area contributed by atoms with E-state index in [1.807, 2.05) is 44.2 Å². The third-order valence-corrected chi connectivity index (χ3v) is 4.01. The van der Waals surface area contributed by atoms with Crippen molar-refractivity contribution in [2.45, 2.75) is 31.8 Å². The normalized spacial score (nSPS) is 13.2. The molecule has 1 unspecified atom stereocenters. The second-order valence-electron chi connectivity index (χ2n) is 5.54. The molecule has 2 aromatic rings. The Balaban J connectivity index is 2.23. The highest BCUT2D eigenvalue weighted by Crippen LogP contribution is 2.30. The Labute approximate surface area is 124 Å². The molecule has 2 rings (SSSR count). The van der Waals surface area contributed by atoms with Gasteiger partial charge in [-0.2, -0.15) is 0 Å². The molecule has 0 aliphatic carbocycles. The Morgan fingerprint density at radius 2 is 1.80 bits per heavy atom. The van der Waals surface area contributed by atoms with Crippen LogP contribution in [0.25, 0.3) is 0 Å². The van der Waals surface area contributed by atoms with E-state index in [0.29, 0.717) is 10.6 Å². The number of halogens is 2. The molecule has 0 fully saturated rings. The average Bonchev–Trinajstić information content (AvgIpc) is 2.43. The van der Waals surface area contributed by atoms with Gasteiger partial charge in [0.2, 0.25) is 0 Å². The van der Waals surface area contributed by atoms with Crippen LogP contribution in [-0.4, -0.2) is 11.2 Å². The Hall–Kier alpha value is -1.38. The van der Waals surface area contributed by atoms with E-state index < -0.39 is 11.5 Å². The van der Waals surface area contributed by atoms with Gasteiger partial charge in [-0.1, -0.05) is 55.8 Å². The molecule has 0 saturated carbocycles. The molecule has 0 amide bonds. The zero-order valence-electron chi connectivity index (χ0n) is 11.6. The van der Waals surface area contributed by atoms with Gasteiger partial charge in [0.1, 0.15) is 5.82 Å². The van der Waals surface area contributed by atoms with Crippen LogP contribution in [0.1, 0.15) is 25.0 Å². The topological polar surface area (TPSA) is 20.2 Å². The van der Waals surface area contributed by atoms with Crippen molar-refractivity contribution in [2.24, 2.45) is 0 Å².